The second-order valence-electron chi connectivity index (χ2n) is 8.33. The highest BCUT2D eigenvalue weighted by molar-refractivity contribution is 5.98. The number of urea groups is 1. The summed E-state index contributed by atoms with van der Waals surface area (Å²) >= 11 is 0. The lowest BCUT2D eigenvalue weighted by atomic mass is 9.89. The third-order valence-corrected chi connectivity index (χ3v) is 6.37. The van der Waals surface area contributed by atoms with E-state index in [0.29, 0.717) is 19.6 Å². The van der Waals surface area contributed by atoms with Gasteiger partial charge in [-0.3, -0.25) is 9.69 Å². The first-order valence-electron chi connectivity index (χ1n) is 11.5. The van der Waals surface area contributed by atoms with E-state index in [-0.39, 0.29) is 23.8 Å². The lowest BCUT2D eigenvalue weighted by molar-refractivity contribution is 0.0853. The van der Waals surface area contributed by atoms with Crippen molar-refractivity contribution in [2.75, 3.05) is 32.7 Å². The van der Waals surface area contributed by atoms with Crippen LogP contribution >= 0.6 is 0 Å². The Kier molecular flexibility index (Phi) is 8.24. The highest BCUT2D eigenvalue weighted by atomic mass is 16.2. The molecule has 3 rings (SSSR count). The predicted molar refractivity (Wildman–Crippen MR) is 125 cm³/mol. The normalized spacial score (nSPS) is 15.7. The van der Waals surface area contributed by atoms with Crippen molar-refractivity contribution in [3.05, 3.63) is 71.3 Å². The van der Waals surface area contributed by atoms with Crippen LogP contribution in [0.4, 0.5) is 4.79 Å². The first kappa shape index (κ1) is 23.0. The number of aryl methyl sites for hydroxylation is 1. The van der Waals surface area contributed by atoms with Crippen molar-refractivity contribution in [3.63, 3.8) is 0 Å². The van der Waals surface area contributed by atoms with E-state index in [1.165, 1.54) is 5.56 Å². The lowest BCUT2D eigenvalue weighted by Gasteiger charge is -2.34. The molecule has 2 aromatic carbocycles. The molecule has 31 heavy (non-hydrogen) atoms. The molecule has 1 aliphatic rings. The molecule has 0 saturated carbocycles. The monoisotopic (exact) mass is 421 g/mol. The molecular formula is C26H35N3O2. The Morgan fingerprint density at radius 2 is 1.61 bits per heavy atom. The zero-order valence-electron chi connectivity index (χ0n) is 19.0. The molecule has 2 amide bonds. The van der Waals surface area contributed by atoms with Gasteiger partial charge in [-0.25, -0.2) is 4.79 Å². The van der Waals surface area contributed by atoms with Crippen molar-refractivity contribution in [2.45, 2.75) is 39.7 Å². The molecule has 1 heterocycles. The molecule has 1 aliphatic heterocycles. The number of likely N-dealkylation sites (tertiary alicyclic amines) is 1. The van der Waals surface area contributed by atoms with Crippen molar-refractivity contribution >= 4 is 11.8 Å². The summed E-state index contributed by atoms with van der Waals surface area (Å²) in [5.41, 5.74) is 3.15. The molecule has 0 aliphatic carbocycles. The molecule has 0 spiro atoms. The van der Waals surface area contributed by atoms with Crippen LogP contribution in [0.15, 0.2) is 54.6 Å². The molecule has 0 aromatic heterocycles. The van der Waals surface area contributed by atoms with Gasteiger partial charge >= 0.3 is 6.03 Å². The summed E-state index contributed by atoms with van der Waals surface area (Å²) in [7, 11) is 0. The summed E-state index contributed by atoms with van der Waals surface area (Å²) in [6.45, 7) is 10.00. The maximum Gasteiger partial charge on any atom is 0.317 e. The Hall–Kier alpha value is -2.66. The van der Waals surface area contributed by atoms with Crippen LogP contribution in [-0.2, 0) is 0 Å². The Morgan fingerprint density at radius 3 is 2.19 bits per heavy atom. The predicted octanol–water partition coefficient (Wildman–Crippen LogP) is 4.68. The minimum Gasteiger partial charge on any atom is -0.336 e. The quantitative estimate of drug-likeness (QED) is 0.630. The van der Waals surface area contributed by atoms with Crippen LogP contribution in [0.2, 0.25) is 0 Å². The first-order chi connectivity index (χ1) is 15.0. The van der Waals surface area contributed by atoms with Gasteiger partial charge < -0.3 is 10.2 Å². The number of piperidine rings is 1. The number of likely N-dealkylation sites (N-methyl/N-ethyl adjacent to an activating group) is 1. The van der Waals surface area contributed by atoms with E-state index in [9.17, 15) is 9.59 Å². The molecule has 1 saturated heterocycles. The maximum atomic E-state index is 12.8. The van der Waals surface area contributed by atoms with Crippen LogP contribution in [-0.4, -0.2) is 54.3 Å². The highest BCUT2D eigenvalue weighted by Crippen LogP contribution is 2.23. The van der Waals surface area contributed by atoms with Crippen LogP contribution < -0.4 is 5.32 Å². The molecule has 1 fully saturated rings. The van der Waals surface area contributed by atoms with E-state index in [4.69, 9.17) is 0 Å². The summed E-state index contributed by atoms with van der Waals surface area (Å²) in [6, 6.07) is 18.3. The zero-order chi connectivity index (χ0) is 22.2. The van der Waals surface area contributed by atoms with Crippen molar-refractivity contribution in [2.24, 2.45) is 5.92 Å². The van der Waals surface area contributed by atoms with Crippen LogP contribution in [0.25, 0.3) is 0 Å². The minimum atomic E-state index is -0.0330. The Bertz CT molecular complexity index is 839. The fourth-order valence-corrected chi connectivity index (χ4v) is 4.39. The third kappa shape index (κ3) is 5.95. The third-order valence-electron chi connectivity index (χ3n) is 6.37. The van der Waals surface area contributed by atoms with Crippen LogP contribution in [0.3, 0.4) is 0 Å². The largest absolute Gasteiger partial charge is 0.336 e. The summed E-state index contributed by atoms with van der Waals surface area (Å²) in [4.78, 5) is 29.8. The number of carbonyl (C=O) groups excluding carboxylic acids is 2. The number of hydrogen-bond acceptors (Lipinski definition) is 3. The SMILES string of the molecule is CCN(CC)C(CNC(=O)N1CCC(C(=O)c2ccc(C)cc2)CC1)c1ccccc1. The minimum absolute atomic E-state index is 0.000465. The van der Waals surface area contributed by atoms with E-state index >= 15 is 0 Å². The zero-order valence-corrected chi connectivity index (χ0v) is 19.0. The summed E-state index contributed by atoms with van der Waals surface area (Å²) in [5.74, 6) is 0.199. The first-order valence-corrected chi connectivity index (χ1v) is 11.5. The number of amides is 2. The molecule has 5 heteroatoms. The number of rotatable bonds is 8. The van der Waals surface area contributed by atoms with E-state index < -0.39 is 0 Å². The van der Waals surface area contributed by atoms with Gasteiger partial charge in [0.25, 0.3) is 0 Å². The van der Waals surface area contributed by atoms with E-state index in [2.05, 4.69) is 36.2 Å². The standard InChI is InChI=1S/C26H35N3O2/c1-4-28(5-2)24(21-9-7-6-8-10-21)19-27-26(31)29-17-15-23(16-18-29)25(30)22-13-11-20(3)12-14-22/h6-14,23-24H,4-5,15-19H2,1-3H3,(H,27,31). The number of hydrogen-bond donors (Lipinski definition) is 1. The van der Waals surface area contributed by atoms with Crippen LogP contribution in [0.5, 0.6) is 0 Å². The Balaban J connectivity index is 1.54. The average molecular weight is 422 g/mol. The van der Waals surface area contributed by atoms with Crippen LogP contribution in [0.1, 0.15) is 54.2 Å². The number of Topliss-reactive ketones (excluding diaryl/α,β-unsaturated/α-hetero) is 1. The van der Waals surface area contributed by atoms with Gasteiger partial charge in [0.15, 0.2) is 5.78 Å². The van der Waals surface area contributed by atoms with Gasteiger partial charge in [0.05, 0.1) is 6.04 Å². The van der Waals surface area contributed by atoms with Gasteiger partial charge in [-0.1, -0.05) is 74.0 Å². The van der Waals surface area contributed by atoms with Crippen molar-refractivity contribution in [3.8, 4) is 0 Å². The van der Waals surface area contributed by atoms with Gasteiger partial charge in [0.2, 0.25) is 0 Å². The lowest BCUT2D eigenvalue weighted by Crippen LogP contribution is -2.47. The van der Waals surface area contributed by atoms with Gasteiger partial charge in [-0.2, -0.15) is 0 Å². The molecular weight excluding hydrogens is 386 g/mol. The highest BCUT2D eigenvalue weighted by Gasteiger charge is 2.28. The van der Waals surface area contributed by atoms with Crippen molar-refractivity contribution in [1.82, 2.24) is 15.1 Å². The molecule has 1 unspecified atom stereocenters. The van der Waals surface area contributed by atoms with E-state index in [1.807, 2.05) is 54.3 Å². The van der Waals surface area contributed by atoms with Gasteiger partial charge in [-0.05, 0) is 38.4 Å². The summed E-state index contributed by atoms with van der Waals surface area (Å²) < 4.78 is 0. The number of nitrogens with zero attached hydrogens (tertiary/aromatic N) is 2. The van der Waals surface area contributed by atoms with Gasteiger partial charge in [0, 0.05) is 31.1 Å². The van der Waals surface area contributed by atoms with Crippen molar-refractivity contribution in [1.29, 1.82) is 0 Å². The maximum absolute atomic E-state index is 12.8. The molecule has 0 bridgehead atoms. The molecule has 1 N–H and O–H groups in total. The fraction of sp³-hybridized carbons (Fsp3) is 0.462. The van der Waals surface area contributed by atoms with E-state index in [1.54, 1.807) is 0 Å². The number of carbonyl (C=O) groups is 2. The number of ketones is 1. The fourth-order valence-electron chi connectivity index (χ4n) is 4.39. The smallest absolute Gasteiger partial charge is 0.317 e. The van der Waals surface area contributed by atoms with E-state index in [0.717, 1.165) is 37.1 Å². The van der Waals surface area contributed by atoms with Gasteiger partial charge in [-0.15, -0.1) is 0 Å². The second-order valence-corrected chi connectivity index (χ2v) is 8.33. The summed E-state index contributed by atoms with van der Waals surface area (Å²) in [5, 5.41) is 3.14. The molecule has 0 radical (unpaired) electrons. The molecule has 2 aromatic rings. The second kappa shape index (κ2) is 11.1. The molecule has 5 nitrogen and oxygen atoms in total. The Labute approximate surface area is 186 Å². The van der Waals surface area contributed by atoms with Gasteiger partial charge in [0.1, 0.15) is 0 Å². The van der Waals surface area contributed by atoms with Crippen molar-refractivity contribution < 1.29 is 9.59 Å². The average Bonchev–Trinajstić information content (AvgIpc) is 2.82. The molecule has 1 atom stereocenters. The summed E-state index contributed by atoms with van der Waals surface area (Å²) in [6.07, 6.45) is 1.44. The Morgan fingerprint density at radius 1 is 1.00 bits per heavy atom. The number of nitrogens with one attached hydrogen (secondary N) is 1. The van der Waals surface area contributed by atoms with Crippen LogP contribution in [0, 0.1) is 12.8 Å². The topological polar surface area (TPSA) is 52.7 Å². The number of benzene rings is 2. The molecule has 166 valence electrons.